The molecule has 3 unspecified atom stereocenters. The molecule has 0 rings (SSSR count). The fourth-order valence-electron chi connectivity index (χ4n) is 7.94. The van der Waals surface area contributed by atoms with Gasteiger partial charge in [0.05, 0.1) is 18.8 Å². The second-order valence-electron chi connectivity index (χ2n) is 17.7. The smallest absolute Gasteiger partial charge is 0.220 e. The van der Waals surface area contributed by atoms with Crippen molar-refractivity contribution < 1.29 is 20.1 Å². The molecule has 5 nitrogen and oxygen atoms in total. The number of aliphatic hydroxyl groups excluding tert-OH is 3. The molecule has 0 saturated heterocycles. The molecule has 5 heteroatoms. The van der Waals surface area contributed by atoms with Crippen molar-refractivity contribution in [1.82, 2.24) is 5.32 Å². The molecule has 0 aliphatic heterocycles. The largest absolute Gasteiger partial charge is 0.394 e. The molecule has 0 heterocycles. The highest BCUT2D eigenvalue weighted by atomic mass is 16.3. The van der Waals surface area contributed by atoms with Gasteiger partial charge in [0, 0.05) is 6.42 Å². The summed E-state index contributed by atoms with van der Waals surface area (Å²) >= 11 is 0. The summed E-state index contributed by atoms with van der Waals surface area (Å²) in [5, 5.41) is 33.6. The SMILES string of the molecule is CCCCCCCCCCC/C=C/CC/C=C/CCCC(O)C(O)C(CO)NC(=O)CCCCCCCCCCCC/C=C\CCCCCCCCCCCCCC. The summed E-state index contributed by atoms with van der Waals surface area (Å²) < 4.78 is 0. The van der Waals surface area contributed by atoms with Crippen LogP contribution in [0.2, 0.25) is 0 Å². The predicted octanol–water partition coefficient (Wildman–Crippen LogP) is 15.5. The first kappa shape index (κ1) is 56.6. The average Bonchev–Trinajstić information content (AvgIpc) is 3.23. The number of rotatable bonds is 47. The summed E-state index contributed by atoms with van der Waals surface area (Å²) in [4.78, 5) is 12.5. The summed E-state index contributed by atoms with van der Waals surface area (Å²) in [6.45, 7) is 4.18. The Hall–Kier alpha value is -1.43. The molecule has 0 aromatic carbocycles. The summed E-state index contributed by atoms with van der Waals surface area (Å²) in [6, 6.07) is -0.833. The Kier molecular flexibility index (Phi) is 47.0. The number of hydrogen-bond donors (Lipinski definition) is 4. The Morgan fingerprint density at radius 1 is 0.414 bits per heavy atom. The molecule has 342 valence electrons. The van der Waals surface area contributed by atoms with Crippen LogP contribution in [0, 0.1) is 0 Å². The third-order valence-electron chi connectivity index (χ3n) is 11.9. The minimum atomic E-state index is -1.17. The van der Waals surface area contributed by atoms with Crippen LogP contribution in [-0.2, 0) is 4.79 Å². The van der Waals surface area contributed by atoms with Crippen LogP contribution < -0.4 is 5.32 Å². The average molecular weight is 816 g/mol. The quantitative estimate of drug-likeness (QED) is 0.0364. The van der Waals surface area contributed by atoms with Gasteiger partial charge >= 0.3 is 0 Å². The van der Waals surface area contributed by atoms with Gasteiger partial charge in [-0.05, 0) is 77.0 Å². The van der Waals surface area contributed by atoms with Crippen LogP contribution >= 0.6 is 0 Å². The van der Waals surface area contributed by atoms with E-state index in [2.05, 4.69) is 55.6 Å². The Morgan fingerprint density at radius 3 is 1.05 bits per heavy atom. The molecule has 0 saturated carbocycles. The molecular formula is C53H101NO4. The molecule has 0 spiro atoms. The zero-order valence-electron chi connectivity index (χ0n) is 38.9. The molecular weight excluding hydrogens is 715 g/mol. The molecule has 0 aromatic rings. The first-order valence-electron chi connectivity index (χ1n) is 25.8. The zero-order valence-corrected chi connectivity index (χ0v) is 38.9. The molecule has 0 aliphatic carbocycles. The van der Waals surface area contributed by atoms with E-state index in [1.807, 2.05) is 0 Å². The molecule has 4 N–H and O–H groups in total. The van der Waals surface area contributed by atoms with Crippen LogP contribution in [0.5, 0.6) is 0 Å². The third kappa shape index (κ3) is 42.7. The van der Waals surface area contributed by atoms with E-state index >= 15 is 0 Å². The molecule has 0 bridgehead atoms. The molecule has 0 fully saturated rings. The van der Waals surface area contributed by atoms with E-state index in [1.54, 1.807) is 0 Å². The van der Waals surface area contributed by atoms with Crippen LogP contribution in [-0.4, -0.2) is 46.1 Å². The number of allylic oxidation sites excluding steroid dienone is 6. The Labute approximate surface area is 362 Å². The number of amides is 1. The number of carbonyl (C=O) groups excluding carboxylic acids is 1. The minimum Gasteiger partial charge on any atom is -0.394 e. The number of carbonyl (C=O) groups is 1. The Balaban J connectivity index is 3.61. The van der Waals surface area contributed by atoms with Gasteiger partial charge in [0.1, 0.15) is 6.10 Å². The van der Waals surface area contributed by atoms with Gasteiger partial charge in [-0.25, -0.2) is 0 Å². The highest BCUT2D eigenvalue weighted by molar-refractivity contribution is 5.76. The van der Waals surface area contributed by atoms with Gasteiger partial charge in [0.2, 0.25) is 5.91 Å². The van der Waals surface area contributed by atoms with Crippen LogP contribution in [0.1, 0.15) is 271 Å². The maximum absolute atomic E-state index is 12.5. The van der Waals surface area contributed by atoms with Crippen molar-refractivity contribution in [3.63, 3.8) is 0 Å². The van der Waals surface area contributed by atoms with E-state index in [9.17, 15) is 20.1 Å². The lowest BCUT2D eigenvalue weighted by Gasteiger charge is -2.26. The summed E-state index contributed by atoms with van der Waals surface area (Å²) in [5.74, 6) is -0.158. The van der Waals surface area contributed by atoms with Crippen molar-refractivity contribution in [2.45, 2.75) is 289 Å². The second-order valence-corrected chi connectivity index (χ2v) is 17.7. The monoisotopic (exact) mass is 816 g/mol. The lowest BCUT2D eigenvalue weighted by atomic mass is 10.0. The van der Waals surface area contributed by atoms with Gasteiger partial charge in [-0.3, -0.25) is 4.79 Å². The molecule has 1 amide bonds. The van der Waals surface area contributed by atoms with Gasteiger partial charge in [-0.1, -0.05) is 224 Å². The van der Waals surface area contributed by atoms with Gasteiger partial charge in [0.15, 0.2) is 0 Å². The van der Waals surface area contributed by atoms with Crippen LogP contribution in [0.15, 0.2) is 36.5 Å². The number of nitrogens with one attached hydrogen (secondary N) is 1. The number of aliphatic hydroxyl groups is 3. The minimum absolute atomic E-state index is 0.158. The fraction of sp³-hybridized carbons (Fsp3) is 0.868. The van der Waals surface area contributed by atoms with E-state index in [4.69, 9.17) is 0 Å². The van der Waals surface area contributed by atoms with Crippen LogP contribution in [0.25, 0.3) is 0 Å². The van der Waals surface area contributed by atoms with E-state index in [1.165, 1.54) is 199 Å². The number of hydrogen-bond acceptors (Lipinski definition) is 4. The standard InChI is InChI=1S/C53H101NO4/c1-3-5-7-9-11-13-15-17-19-21-23-24-25-26-27-28-29-30-32-34-36-38-40-42-44-46-48-52(57)54-50(49-55)53(58)51(56)47-45-43-41-39-37-35-33-31-22-20-18-16-14-12-10-8-6-4-2/h26-27,31,33,39,41,50-51,53,55-56,58H,3-25,28-30,32,34-38,40,42-49H2,1-2H3,(H,54,57)/b27-26-,33-31+,41-39+. The lowest BCUT2D eigenvalue weighted by Crippen LogP contribution is -2.50. The van der Waals surface area contributed by atoms with Gasteiger partial charge in [-0.15, -0.1) is 0 Å². The molecule has 58 heavy (non-hydrogen) atoms. The van der Waals surface area contributed by atoms with E-state index < -0.39 is 18.2 Å². The summed E-state index contributed by atoms with van der Waals surface area (Å²) in [6.07, 6.45) is 61.4. The third-order valence-corrected chi connectivity index (χ3v) is 11.9. The molecule has 0 aliphatic rings. The Morgan fingerprint density at radius 2 is 0.707 bits per heavy atom. The van der Waals surface area contributed by atoms with Crippen molar-refractivity contribution in [3.05, 3.63) is 36.5 Å². The van der Waals surface area contributed by atoms with Crippen LogP contribution in [0.4, 0.5) is 0 Å². The van der Waals surface area contributed by atoms with Gasteiger partial charge in [-0.2, -0.15) is 0 Å². The maximum atomic E-state index is 12.5. The maximum Gasteiger partial charge on any atom is 0.220 e. The molecule has 3 atom stereocenters. The predicted molar refractivity (Wildman–Crippen MR) is 254 cm³/mol. The van der Waals surface area contributed by atoms with E-state index in [0.29, 0.717) is 12.8 Å². The first-order valence-corrected chi connectivity index (χ1v) is 25.8. The molecule has 0 radical (unpaired) electrons. The topological polar surface area (TPSA) is 89.8 Å². The van der Waals surface area contributed by atoms with Gasteiger partial charge in [0.25, 0.3) is 0 Å². The zero-order chi connectivity index (χ0) is 42.3. The number of unbranched alkanes of at least 4 members (excludes halogenated alkanes) is 33. The highest BCUT2D eigenvalue weighted by Gasteiger charge is 2.26. The van der Waals surface area contributed by atoms with Crippen molar-refractivity contribution in [3.8, 4) is 0 Å². The molecule has 0 aromatic heterocycles. The normalized spacial score (nSPS) is 13.7. The van der Waals surface area contributed by atoms with Crippen LogP contribution in [0.3, 0.4) is 0 Å². The van der Waals surface area contributed by atoms with Gasteiger partial charge < -0.3 is 20.6 Å². The van der Waals surface area contributed by atoms with Crippen molar-refractivity contribution in [2.75, 3.05) is 6.61 Å². The summed E-state index contributed by atoms with van der Waals surface area (Å²) in [7, 11) is 0. The second kappa shape index (κ2) is 48.2. The van der Waals surface area contributed by atoms with E-state index in [-0.39, 0.29) is 12.5 Å². The highest BCUT2D eigenvalue weighted by Crippen LogP contribution is 2.16. The Bertz CT molecular complexity index is 901. The van der Waals surface area contributed by atoms with E-state index in [0.717, 1.165) is 44.9 Å². The van der Waals surface area contributed by atoms with Crippen molar-refractivity contribution >= 4 is 5.91 Å². The first-order chi connectivity index (χ1) is 28.6. The van der Waals surface area contributed by atoms with Crippen molar-refractivity contribution in [2.24, 2.45) is 0 Å². The summed E-state index contributed by atoms with van der Waals surface area (Å²) in [5.41, 5.74) is 0. The fourth-order valence-corrected chi connectivity index (χ4v) is 7.94. The van der Waals surface area contributed by atoms with Crippen molar-refractivity contribution in [1.29, 1.82) is 0 Å². The lowest BCUT2D eigenvalue weighted by molar-refractivity contribution is -0.124.